The molecule has 1 heterocycles. The van der Waals surface area contributed by atoms with Crippen molar-refractivity contribution in [2.45, 2.75) is 6.61 Å². The second-order valence-electron chi connectivity index (χ2n) is 2.95. The molecule has 2 N–H and O–H groups in total. The van der Waals surface area contributed by atoms with Gasteiger partial charge in [0.05, 0.1) is 12.3 Å². The van der Waals surface area contributed by atoms with E-state index >= 15 is 0 Å². The molecule has 74 valence electrons. The van der Waals surface area contributed by atoms with Crippen molar-refractivity contribution in [3.8, 4) is 5.75 Å². The third-order valence-electron chi connectivity index (χ3n) is 1.91. The number of hydrogen-bond acceptors (Lipinski definition) is 3. The highest BCUT2D eigenvalue weighted by molar-refractivity contribution is 5.95. The third kappa shape index (κ3) is 1.42. The number of rotatable bonds is 1. The van der Waals surface area contributed by atoms with E-state index < -0.39 is 5.82 Å². The number of anilines is 1. The van der Waals surface area contributed by atoms with Gasteiger partial charge in [-0.05, 0) is 17.7 Å². The molecular weight excluding hydrogens is 189 g/mol. The van der Waals surface area contributed by atoms with E-state index in [2.05, 4.69) is 5.32 Å². The molecule has 0 spiro atoms. The zero-order valence-corrected chi connectivity index (χ0v) is 7.21. The van der Waals surface area contributed by atoms with Crippen molar-refractivity contribution in [2.24, 2.45) is 0 Å². The van der Waals surface area contributed by atoms with E-state index in [4.69, 9.17) is 9.84 Å². The summed E-state index contributed by atoms with van der Waals surface area (Å²) in [4.78, 5) is 10.9. The van der Waals surface area contributed by atoms with Crippen LogP contribution in [0.4, 0.5) is 10.1 Å². The minimum Gasteiger partial charge on any atom is -0.478 e. The van der Waals surface area contributed by atoms with E-state index in [0.29, 0.717) is 5.56 Å². The third-order valence-corrected chi connectivity index (χ3v) is 1.91. The number of aliphatic hydroxyl groups excluding tert-OH is 1. The molecule has 0 saturated heterocycles. The Morgan fingerprint density at radius 3 is 3.07 bits per heavy atom. The number of fused-ring (bicyclic) bond motifs is 1. The van der Waals surface area contributed by atoms with Crippen LogP contribution in [-0.4, -0.2) is 17.6 Å². The second kappa shape index (κ2) is 3.26. The number of carbonyl (C=O) groups excluding carboxylic acids is 1. The lowest BCUT2D eigenvalue weighted by atomic mass is 10.1. The molecule has 2 rings (SSSR count). The van der Waals surface area contributed by atoms with E-state index in [1.165, 1.54) is 12.1 Å². The van der Waals surface area contributed by atoms with Gasteiger partial charge < -0.3 is 15.2 Å². The van der Waals surface area contributed by atoms with Crippen LogP contribution < -0.4 is 10.1 Å². The van der Waals surface area contributed by atoms with Gasteiger partial charge in [0.2, 0.25) is 0 Å². The summed E-state index contributed by atoms with van der Waals surface area (Å²) < 4.78 is 18.2. The van der Waals surface area contributed by atoms with Crippen LogP contribution in [0.15, 0.2) is 12.1 Å². The van der Waals surface area contributed by atoms with Crippen LogP contribution in [0, 0.1) is 5.82 Å². The van der Waals surface area contributed by atoms with Crippen LogP contribution in [0.25, 0.3) is 0 Å². The largest absolute Gasteiger partial charge is 0.478 e. The molecule has 0 saturated carbocycles. The average Bonchev–Trinajstić information content (AvgIpc) is 2.16. The summed E-state index contributed by atoms with van der Waals surface area (Å²) in [6.45, 7) is -0.456. The Bertz CT molecular complexity index is 392. The number of amides is 1. The summed E-state index contributed by atoms with van der Waals surface area (Å²) >= 11 is 0. The monoisotopic (exact) mass is 197 g/mol. The second-order valence-corrected chi connectivity index (χ2v) is 2.95. The normalized spacial score (nSPS) is 14.3. The SMILES string of the molecule is O=C1COc2c(F)cc(CO)cc2N1. The summed E-state index contributed by atoms with van der Waals surface area (Å²) in [5.41, 5.74) is 0.664. The lowest BCUT2D eigenvalue weighted by Crippen LogP contribution is -2.26. The molecule has 0 atom stereocenters. The molecular formula is C9H8FNO3. The number of carbonyl (C=O) groups is 1. The van der Waals surface area contributed by atoms with Crippen LogP contribution in [0.1, 0.15) is 5.56 Å². The van der Waals surface area contributed by atoms with E-state index in [9.17, 15) is 9.18 Å². The maximum absolute atomic E-state index is 13.3. The Balaban J connectivity index is 2.48. The lowest BCUT2D eigenvalue weighted by Gasteiger charge is -2.18. The Morgan fingerprint density at radius 2 is 2.36 bits per heavy atom. The molecule has 0 radical (unpaired) electrons. The van der Waals surface area contributed by atoms with Gasteiger partial charge in [-0.1, -0.05) is 0 Å². The summed E-state index contributed by atoms with van der Waals surface area (Å²) in [5.74, 6) is -0.875. The molecule has 1 aliphatic heterocycles. The summed E-state index contributed by atoms with van der Waals surface area (Å²) in [7, 11) is 0. The van der Waals surface area contributed by atoms with Gasteiger partial charge in [-0.25, -0.2) is 4.39 Å². The standard InChI is InChI=1S/C9H8FNO3/c10-6-1-5(3-12)2-7-9(6)14-4-8(13)11-7/h1-2,12H,3-4H2,(H,11,13). The molecule has 0 aromatic heterocycles. The maximum Gasteiger partial charge on any atom is 0.262 e. The van der Waals surface area contributed by atoms with E-state index in [1.54, 1.807) is 0 Å². The first-order chi connectivity index (χ1) is 6.70. The fourth-order valence-corrected chi connectivity index (χ4v) is 1.30. The van der Waals surface area contributed by atoms with Gasteiger partial charge in [-0.3, -0.25) is 4.79 Å². The average molecular weight is 197 g/mol. The first-order valence-corrected chi connectivity index (χ1v) is 4.06. The van der Waals surface area contributed by atoms with E-state index in [0.717, 1.165) is 0 Å². The van der Waals surface area contributed by atoms with Gasteiger partial charge in [0.25, 0.3) is 5.91 Å². The van der Waals surface area contributed by atoms with Crippen molar-refractivity contribution in [1.29, 1.82) is 0 Å². The van der Waals surface area contributed by atoms with Crippen LogP contribution in [-0.2, 0) is 11.4 Å². The minimum absolute atomic E-state index is 0.0294. The Labute approximate surface area is 79.3 Å². The first kappa shape index (κ1) is 8.96. The molecule has 5 heteroatoms. The molecule has 0 aliphatic carbocycles. The Morgan fingerprint density at radius 1 is 1.57 bits per heavy atom. The molecule has 0 fully saturated rings. The van der Waals surface area contributed by atoms with Crippen LogP contribution >= 0.6 is 0 Å². The van der Waals surface area contributed by atoms with E-state index in [1.807, 2.05) is 0 Å². The topological polar surface area (TPSA) is 58.6 Å². The highest BCUT2D eigenvalue weighted by Gasteiger charge is 2.20. The van der Waals surface area contributed by atoms with Gasteiger partial charge in [-0.2, -0.15) is 0 Å². The number of ether oxygens (including phenoxy) is 1. The molecule has 1 aromatic carbocycles. The first-order valence-electron chi connectivity index (χ1n) is 4.06. The zero-order valence-electron chi connectivity index (χ0n) is 7.21. The highest BCUT2D eigenvalue weighted by Crippen LogP contribution is 2.31. The highest BCUT2D eigenvalue weighted by atomic mass is 19.1. The van der Waals surface area contributed by atoms with Crippen LogP contribution in [0.2, 0.25) is 0 Å². The van der Waals surface area contributed by atoms with Crippen molar-refractivity contribution in [3.63, 3.8) is 0 Å². The van der Waals surface area contributed by atoms with E-state index in [-0.39, 0.29) is 30.6 Å². The predicted molar refractivity (Wildman–Crippen MR) is 46.4 cm³/mol. The quantitative estimate of drug-likeness (QED) is 0.694. The molecule has 0 unspecified atom stereocenters. The maximum atomic E-state index is 13.3. The summed E-state index contributed by atoms with van der Waals surface area (Å²) in [6, 6.07) is 2.66. The van der Waals surface area contributed by atoms with Crippen LogP contribution in [0.3, 0.4) is 0 Å². The molecule has 1 aliphatic rings. The molecule has 0 bridgehead atoms. The predicted octanol–water partition coefficient (Wildman–Crippen LogP) is 0.649. The molecule has 1 aromatic rings. The number of hydrogen-bond donors (Lipinski definition) is 2. The minimum atomic E-state index is -0.577. The molecule has 4 nitrogen and oxygen atoms in total. The van der Waals surface area contributed by atoms with Crippen molar-refractivity contribution < 1.29 is 19.0 Å². The van der Waals surface area contributed by atoms with Crippen molar-refractivity contribution >= 4 is 11.6 Å². The van der Waals surface area contributed by atoms with Crippen molar-refractivity contribution in [2.75, 3.05) is 11.9 Å². The Hall–Kier alpha value is -1.62. The Kier molecular flexibility index (Phi) is 2.09. The fraction of sp³-hybridized carbons (Fsp3) is 0.222. The number of nitrogens with one attached hydrogen (secondary N) is 1. The van der Waals surface area contributed by atoms with Gasteiger partial charge in [0, 0.05) is 0 Å². The van der Waals surface area contributed by atoms with Gasteiger partial charge in [-0.15, -0.1) is 0 Å². The fourth-order valence-electron chi connectivity index (χ4n) is 1.30. The number of benzene rings is 1. The lowest BCUT2D eigenvalue weighted by molar-refractivity contribution is -0.118. The zero-order chi connectivity index (χ0) is 10.1. The number of halogens is 1. The van der Waals surface area contributed by atoms with Crippen LogP contribution in [0.5, 0.6) is 5.75 Å². The van der Waals surface area contributed by atoms with Crippen molar-refractivity contribution in [1.82, 2.24) is 0 Å². The molecule has 1 amide bonds. The van der Waals surface area contributed by atoms with Crippen molar-refractivity contribution in [3.05, 3.63) is 23.5 Å². The number of aliphatic hydroxyl groups is 1. The summed E-state index contributed by atoms with van der Waals surface area (Å²) in [6.07, 6.45) is 0. The molecule has 14 heavy (non-hydrogen) atoms. The summed E-state index contributed by atoms with van der Waals surface area (Å²) in [5, 5.41) is 11.3. The van der Waals surface area contributed by atoms with Gasteiger partial charge >= 0.3 is 0 Å². The smallest absolute Gasteiger partial charge is 0.262 e. The van der Waals surface area contributed by atoms with Gasteiger partial charge in [0.15, 0.2) is 18.2 Å². The van der Waals surface area contributed by atoms with Gasteiger partial charge in [0.1, 0.15) is 0 Å².